The van der Waals surface area contributed by atoms with Crippen LogP contribution in [0.5, 0.6) is 0 Å². The van der Waals surface area contributed by atoms with Crippen LogP contribution in [0.4, 0.5) is 5.82 Å². The number of quaternary nitrogens is 1. The molecule has 0 saturated heterocycles. The number of nitro groups is 1. The number of aromatic nitrogens is 1. The minimum Gasteiger partial charge on any atom is -0.358 e. The van der Waals surface area contributed by atoms with Crippen molar-refractivity contribution in [2.45, 2.75) is 6.54 Å². The largest absolute Gasteiger partial charge is 0.358 e. The van der Waals surface area contributed by atoms with Gasteiger partial charge in [0, 0.05) is 12.6 Å². The standard InChI is InChI=1S/C10H19N4O2/c1-12-9(4-5-10(12)13(15)16)8-14(2,3)7-6-11/h4-5H,6-8,11H2,1-3H3/q+1. The Morgan fingerprint density at radius 3 is 2.56 bits per heavy atom. The van der Waals surface area contributed by atoms with Crippen LogP contribution in [0.1, 0.15) is 5.69 Å². The molecule has 90 valence electrons. The third-order valence-electron chi connectivity index (χ3n) is 2.71. The molecule has 0 saturated carbocycles. The maximum Gasteiger partial charge on any atom is 0.323 e. The van der Waals surface area contributed by atoms with E-state index in [1.807, 2.05) is 0 Å². The summed E-state index contributed by atoms with van der Waals surface area (Å²) in [6.45, 7) is 2.19. The first-order valence-electron chi connectivity index (χ1n) is 5.18. The molecule has 6 heteroatoms. The highest BCUT2D eigenvalue weighted by molar-refractivity contribution is 5.26. The predicted molar refractivity (Wildman–Crippen MR) is 61.8 cm³/mol. The summed E-state index contributed by atoms with van der Waals surface area (Å²) in [5, 5.41) is 10.7. The summed E-state index contributed by atoms with van der Waals surface area (Å²) in [5.41, 5.74) is 6.48. The van der Waals surface area contributed by atoms with Crippen molar-refractivity contribution in [2.24, 2.45) is 12.8 Å². The Labute approximate surface area is 95.0 Å². The predicted octanol–water partition coefficient (Wildman–Crippen LogP) is 0.468. The fourth-order valence-electron chi connectivity index (χ4n) is 1.75. The summed E-state index contributed by atoms with van der Waals surface area (Å²) in [4.78, 5) is 10.3. The molecule has 0 aliphatic rings. The van der Waals surface area contributed by atoms with Crippen LogP contribution >= 0.6 is 0 Å². The summed E-state index contributed by atoms with van der Waals surface area (Å²) in [6.07, 6.45) is 0. The molecule has 0 amide bonds. The Balaban J connectivity index is 2.86. The van der Waals surface area contributed by atoms with E-state index in [4.69, 9.17) is 5.73 Å². The molecule has 0 bridgehead atoms. The van der Waals surface area contributed by atoms with Gasteiger partial charge in [0.1, 0.15) is 6.54 Å². The van der Waals surface area contributed by atoms with E-state index in [2.05, 4.69) is 14.1 Å². The van der Waals surface area contributed by atoms with E-state index >= 15 is 0 Å². The third kappa shape index (κ3) is 2.80. The highest BCUT2D eigenvalue weighted by Crippen LogP contribution is 2.17. The molecular formula is C10H19N4O2+. The van der Waals surface area contributed by atoms with Crippen molar-refractivity contribution in [3.63, 3.8) is 0 Å². The van der Waals surface area contributed by atoms with Crippen LogP contribution in [0.25, 0.3) is 0 Å². The summed E-state index contributed by atoms with van der Waals surface area (Å²) in [6, 6.07) is 3.34. The fourth-order valence-corrected chi connectivity index (χ4v) is 1.75. The molecule has 0 unspecified atom stereocenters. The van der Waals surface area contributed by atoms with Crippen molar-refractivity contribution < 1.29 is 9.41 Å². The van der Waals surface area contributed by atoms with Gasteiger partial charge in [0.15, 0.2) is 5.69 Å². The molecule has 0 aliphatic heterocycles. The van der Waals surface area contributed by atoms with Crippen molar-refractivity contribution in [1.82, 2.24) is 4.57 Å². The van der Waals surface area contributed by atoms with Gasteiger partial charge >= 0.3 is 5.82 Å². The zero-order valence-corrected chi connectivity index (χ0v) is 10.0. The molecule has 1 aromatic rings. The van der Waals surface area contributed by atoms with Gasteiger partial charge in [-0.1, -0.05) is 0 Å². The Bertz CT molecular complexity index is 384. The van der Waals surface area contributed by atoms with Crippen LogP contribution in [0.15, 0.2) is 12.1 Å². The summed E-state index contributed by atoms with van der Waals surface area (Å²) >= 11 is 0. The smallest absolute Gasteiger partial charge is 0.323 e. The van der Waals surface area contributed by atoms with E-state index in [1.54, 1.807) is 17.7 Å². The van der Waals surface area contributed by atoms with Gasteiger partial charge in [-0.25, -0.2) is 4.57 Å². The zero-order chi connectivity index (χ0) is 12.3. The SMILES string of the molecule is Cn1c(C[N+](C)(C)CCN)ccc1[N+](=O)[O-]. The average Bonchev–Trinajstić information content (AvgIpc) is 2.47. The molecule has 0 aromatic carbocycles. The number of nitrogens with two attached hydrogens (primary N) is 1. The zero-order valence-electron chi connectivity index (χ0n) is 10.0. The summed E-state index contributed by atoms with van der Waals surface area (Å²) < 4.78 is 2.35. The molecule has 6 nitrogen and oxygen atoms in total. The number of rotatable bonds is 5. The number of likely N-dealkylation sites (N-methyl/N-ethyl adjacent to an activating group) is 1. The van der Waals surface area contributed by atoms with Gasteiger partial charge in [0.25, 0.3) is 0 Å². The lowest BCUT2D eigenvalue weighted by Gasteiger charge is -2.28. The van der Waals surface area contributed by atoms with Gasteiger partial charge in [-0.15, -0.1) is 0 Å². The molecular weight excluding hydrogens is 208 g/mol. The molecule has 2 N–H and O–H groups in total. The number of hydrogen-bond acceptors (Lipinski definition) is 3. The molecule has 0 radical (unpaired) electrons. The Morgan fingerprint density at radius 2 is 2.12 bits per heavy atom. The quantitative estimate of drug-likeness (QED) is 0.451. The molecule has 0 atom stereocenters. The van der Waals surface area contributed by atoms with Crippen molar-refractivity contribution in [2.75, 3.05) is 27.2 Å². The molecule has 1 aromatic heterocycles. The lowest BCUT2D eigenvalue weighted by atomic mass is 10.3. The average molecular weight is 227 g/mol. The highest BCUT2D eigenvalue weighted by atomic mass is 16.6. The van der Waals surface area contributed by atoms with E-state index < -0.39 is 0 Å². The van der Waals surface area contributed by atoms with Gasteiger partial charge in [-0.05, 0) is 11.0 Å². The molecule has 0 spiro atoms. The second-order valence-electron chi connectivity index (χ2n) is 4.61. The topological polar surface area (TPSA) is 74.1 Å². The fraction of sp³-hybridized carbons (Fsp3) is 0.600. The van der Waals surface area contributed by atoms with E-state index in [0.29, 0.717) is 6.54 Å². The summed E-state index contributed by atoms with van der Waals surface area (Å²) in [7, 11) is 5.84. The van der Waals surface area contributed by atoms with Crippen molar-refractivity contribution >= 4 is 5.82 Å². The first kappa shape index (κ1) is 12.7. The minimum atomic E-state index is -0.369. The second-order valence-corrected chi connectivity index (χ2v) is 4.61. The molecule has 0 aliphatic carbocycles. The van der Waals surface area contributed by atoms with E-state index in [1.165, 1.54) is 6.07 Å². The van der Waals surface area contributed by atoms with Crippen molar-refractivity contribution in [3.05, 3.63) is 27.9 Å². The Kier molecular flexibility index (Phi) is 3.66. The second kappa shape index (κ2) is 4.63. The van der Waals surface area contributed by atoms with Crippen LogP contribution in [-0.2, 0) is 13.6 Å². The van der Waals surface area contributed by atoms with Gasteiger partial charge in [-0.2, -0.15) is 0 Å². The van der Waals surface area contributed by atoms with Crippen LogP contribution in [-0.4, -0.2) is 41.2 Å². The first-order valence-corrected chi connectivity index (χ1v) is 5.18. The van der Waals surface area contributed by atoms with Crippen LogP contribution in [0.3, 0.4) is 0 Å². The van der Waals surface area contributed by atoms with Gasteiger partial charge in [0.2, 0.25) is 0 Å². The molecule has 1 rings (SSSR count). The Morgan fingerprint density at radius 1 is 1.50 bits per heavy atom. The van der Waals surface area contributed by atoms with Gasteiger partial charge in [0.05, 0.1) is 27.7 Å². The van der Waals surface area contributed by atoms with E-state index in [-0.39, 0.29) is 10.7 Å². The van der Waals surface area contributed by atoms with Crippen molar-refractivity contribution in [3.8, 4) is 0 Å². The number of hydrogen-bond donors (Lipinski definition) is 1. The maximum atomic E-state index is 10.7. The monoisotopic (exact) mass is 227 g/mol. The van der Waals surface area contributed by atoms with Crippen LogP contribution in [0.2, 0.25) is 0 Å². The lowest BCUT2D eigenvalue weighted by Crippen LogP contribution is -2.43. The van der Waals surface area contributed by atoms with Gasteiger partial charge in [-0.3, -0.25) is 0 Å². The normalized spacial score (nSPS) is 11.8. The third-order valence-corrected chi connectivity index (χ3v) is 2.71. The lowest BCUT2D eigenvalue weighted by molar-refractivity contribution is -0.902. The maximum absolute atomic E-state index is 10.7. The van der Waals surface area contributed by atoms with Crippen molar-refractivity contribution in [1.29, 1.82) is 0 Å². The summed E-state index contributed by atoms with van der Waals surface area (Å²) in [5.74, 6) is 0.128. The minimum absolute atomic E-state index is 0.128. The highest BCUT2D eigenvalue weighted by Gasteiger charge is 2.22. The van der Waals surface area contributed by atoms with Crippen LogP contribution in [0, 0.1) is 10.1 Å². The molecule has 1 heterocycles. The molecule has 0 fully saturated rings. The van der Waals surface area contributed by atoms with E-state index in [0.717, 1.165) is 23.3 Å². The van der Waals surface area contributed by atoms with Gasteiger partial charge < -0.3 is 20.3 Å². The van der Waals surface area contributed by atoms with E-state index in [9.17, 15) is 10.1 Å². The Hall–Kier alpha value is -1.40. The van der Waals surface area contributed by atoms with Crippen LogP contribution < -0.4 is 5.73 Å². The molecule has 16 heavy (non-hydrogen) atoms. The number of nitrogens with zero attached hydrogens (tertiary/aromatic N) is 3. The first-order chi connectivity index (χ1) is 7.37.